The smallest absolute Gasteiger partial charge is 0.237 e. The van der Waals surface area contributed by atoms with Crippen molar-refractivity contribution < 1.29 is 13.2 Å². The molecule has 0 amide bonds. The molecule has 1 N–H and O–H groups in total. The second-order valence-corrected chi connectivity index (χ2v) is 8.71. The molecule has 0 saturated carbocycles. The van der Waals surface area contributed by atoms with Crippen molar-refractivity contribution in [2.75, 3.05) is 17.1 Å². The number of rotatable bonds is 7. The van der Waals surface area contributed by atoms with Gasteiger partial charge in [0.1, 0.15) is 18.1 Å². The van der Waals surface area contributed by atoms with Crippen LogP contribution in [0.15, 0.2) is 42.5 Å². The normalized spacial score (nSPS) is 11.6. The number of thiazole rings is 1. The van der Waals surface area contributed by atoms with Gasteiger partial charge in [-0.2, -0.15) is 0 Å². The molecule has 0 fully saturated rings. The monoisotopic (exact) mass is 396 g/mol. The number of sulfonamides is 1. The van der Waals surface area contributed by atoms with Crippen LogP contribution in [0.25, 0.3) is 10.2 Å². The van der Waals surface area contributed by atoms with Crippen LogP contribution >= 0.6 is 22.9 Å². The molecule has 25 heavy (non-hydrogen) atoms. The van der Waals surface area contributed by atoms with E-state index in [0.717, 1.165) is 11.1 Å². The molecule has 0 aliphatic rings. The number of fused-ring (bicyclic) bond motifs is 1. The minimum absolute atomic E-state index is 0.0670. The molecule has 0 aliphatic carbocycles. The maximum absolute atomic E-state index is 12.2. The fraction of sp³-hybridized carbons (Fsp3) is 0.235. The summed E-state index contributed by atoms with van der Waals surface area (Å²) >= 11 is 7.18. The van der Waals surface area contributed by atoms with Gasteiger partial charge >= 0.3 is 0 Å². The van der Waals surface area contributed by atoms with E-state index in [1.165, 1.54) is 16.9 Å². The van der Waals surface area contributed by atoms with Crippen molar-refractivity contribution in [2.45, 2.75) is 13.3 Å². The van der Waals surface area contributed by atoms with Crippen molar-refractivity contribution in [3.8, 4) is 5.75 Å². The lowest BCUT2D eigenvalue weighted by Gasteiger charge is -2.08. The minimum atomic E-state index is -3.54. The zero-order valence-electron chi connectivity index (χ0n) is 13.5. The highest BCUT2D eigenvalue weighted by molar-refractivity contribution is 7.92. The Morgan fingerprint density at radius 3 is 2.68 bits per heavy atom. The average Bonchev–Trinajstić information content (AvgIpc) is 2.95. The largest absolute Gasteiger partial charge is 0.492 e. The van der Waals surface area contributed by atoms with Crippen molar-refractivity contribution >= 4 is 48.3 Å². The molecule has 5 nitrogen and oxygen atoms in total. The summed E-state index contributed by atoms with van der Waals surface area (Å²) in [5, 5.41) is 0.914. The van der Waals surface area contributed by atoms with E-state index in [1.54, 1.807) is 18.2 Å². The first-order valence-corrected chi connectivity index (χ1v) is 10.6. The Balaban J connectivity index is 1.58. The predicted molar refractivity (Wildman–Crippen MR) is 103 cm³/mol. The van der Waals surface area contributed by atoms with Gasteiger partial charge in [0.15, 0.2) is 5.13 Å². The summed E-state index contributed by atoms with van der Waals surface area (Å²) in [6, 6.07) is 12.9. The molecule has 0 saturated heterocycles. The van der Waals surface area contributed by atoms with Crippen molar-refractivity contribution in [1.29, 1.82) is 0 Å². The summed E-state index contributed by atoms with van der Waals surface area (Å²) < 4.78 is 33.2. The fourth-order valence-corrected chi connectivity index (χ4v) is 4.47. The van der Waals surface area contributed by atoms with Gasteiger partial charge in [-0.05, 0) is 42.3 Å². The number of anilines is 1. The van der Waals surface area contributed by atoms with Crippen LogP contribution in [0, 0.1) is 0 Å². The second kappa shape index (κ2) is 7.59. The highest BCUT2D eigenvalue weighted by Gasteiger charge is 2.14. The lowest BCUT2D eigenvalue weighted by Crippen LogP contribution is -2.21. The summed E-state index contributed by atoms with van der Waals surface area (Å²) in [4.78, 5) is 4.25. The van der Waals surface area contributed by atoms with Gasteiger partial charge < -0.3 is 4.74 Å². The number of nitrogens with one attached hydrogen (secondary N) is 1. The number of aromatic nitrogens is 1. The van der Waals surface area contributed by atoms with Gasteiger partial charge in [-0.25, -0.2) is 13.4 Å². The van der Waals surface area contributed by atoms with Gasteiger partial charge in [-0.3, -0.25) is 4.72 Å². The van der Waals surface area contributed by atoms with E-state index < -0.39 is 10.0 Å². The van der Waals surface area contributed by atoms with E-state index in [9.17, 15) is 8.42 Å². The summed E-state index contributed by atoms with van der Waals surface area (Å²) in [7, 11) is -3.54. The second-order valence-electron chi connectivity index (χ2n) is 5.40. The van der Waals surface area contributed by atoms with Gasteiger partial charge in [0.05, 0.1) is 10.2 Å². The number of hydrogen-bond donors (Lipinski definition) is 1. The van der Waals surface area contributed by atoms with Crippen molar-refractivity contribution in [1.82, 2.24) is 4.98 Å². The van der Waals surface area contributed by atoms with E-state index in [2.05, 4.69) is 16.6 Å². The van der Waals surface area contributed by atoms with Crippen LogP contribution in [0.5, 0.6) is 5.75 Å². The van der Waals surface area contributed by atoms with Gasteiger partial charge in [0.25, 0.3) is 0 Å². The molecule has 1 heterocycles. The van der Waals surface area contributed by atoms with Crippen LogP contribution in [-0.2, 0) is 16.4 Å². The molecule has 0 unspecified atom stereocenters. The van der Waals surface area contributed by atoms with E-state index in [-0.39, 0.29) is 12.4 Å². The number of benzene rings is 2. The Morgan fingerprint density at radius 1 is 1.20 bits per heavy atom. The Bertz CT molecular complexity index is 969. The van der Waals surface area contributed by atoms with Crippen molar-refractivity contribution in [2.24, 2.45) is 0 Å². The van der Waals surface area contributed by atoms with Gasteiger partial charge in [0, 0.05) is 5.02 Å². The molecular weight excluding hydrogens is 380 g/mol. The van der Waals surface area contributed by atoms with Crippen LogP contribution in [0.1, 0.15) is 12.5 Å². The first-order chi connectivity index (χ1) is 11.9. The summed E-state index contributed by atoms with van der Waals surface area (Å²) in [6.45, 7) is 2.14. The first-order valence-electron chi connectivity index (χ1n) is 7.73. The number of nitrogens with zero attached hydrogens (tertiary/aromatic N) is 1. The molecule has 2 aromatic carbocycles. The van der Waals surface area contributed by atoms with Crippen LogP contribution in [0.4, 0.5) is 5.13 Å². The van der Waals surface area contributed by atoms with E-state index in [1.807, 2.05) is 24.3 Å². The van der Waals surface area contributed by atoms with Crippen LogP contribution in [0.2, 0.25) is 5.02 Å². The number of ether oxygens (including phenoxy) is 1. The third kappa shape index (κ3) is 4.84. The van der Waals surface area contributed by atoms with Crippen LogP contribution in [-0.4, -0.2) is 25.8 Å². The van der Waals surface area contributed by atoms with Crippen molar-refractivity contribution in [3.63, 3.8) is 0 Å². The van der Waals surface area contributed by atoms with Crippen molar-refractivity contribution in [3.05, 3.63) is 53.1 Å². The molecule has 0 atom stereocenters. The number of aryl methyl sites for hydroxylation is 1. The molecule has 132 valence electrons. The molecule has 0 radical (unpaired) electrons. The topological polar surface area (TPSA) is 68.3 Å². The maximum atomic E-state index is 12.2. The van der Waals surface area contributed by atoms with Gasteiger partial charge in [-0.15, -0.1) is 0 Å². The van der Waals surface area contributed by atoms with Crippen LogP contribution in [0.3, 0.4) is 0 Å². The summed E-state index contributed by atoms with van der Waals surface area (Å²) in [5.41, 5.74) is 1.91. The Morgan fingerprint density at radius 2 is 1.96 bits per heavy atom. The lowest BCUT2D eigenvalue weighted by molar-refractivity contribution is 0.341. The zero-order valence-corrected chi connectivity index (χ0v) is 15.9. The van der Waals surface area contributed by atoms with E-state index in [0.29, 0.717) is 21.4 Å². The Kier molecular flexibility index (Phi) is 5.46. The molecule has 1 aromatic heterocycles. The molecular formula is C17H17ClN2O3S2. The summed E-state index contributed by atoms with van der Waals surface area (Å²) in [6.07, 6.45) is 0.950. The fourth-order valence-electron chi connectivity index (χ4n) is 2.22. The SMILES string of the molecule is CCc1ccc(OCCS(=O)(=O)Nc2nc3ccc(Cl)cc3s2)cc1. The first kappa shape index (κ1) is 18.0. The number of halogens is 1. The molecule has 8 heteroatoms. The number of hydrogen-bond acceptors (Lipinski definition) is 5. The summed E-state index contributed by atoms with van der Waals surface area (Å²) in [5.74, 6) is 0.501. The Labute approximate surface area is 155 Å². The quantitative estimate of drug-likeness (QED) is 0.645. The average molecular weight is 397 g/mol. The molecule has 0 bridgehead atoms. The standard InChI is InChI=1S/C17H17ClN2O3S2/c1-2-12-3-6-14(7-4-12)23-9-10-25(21,22)20-17-19-15-8-5-13(18)11-16(15)24-17/h3-8,11H,2,9-10H2,1H3,(H,19,20). The maximum Gasteiger partial charge on any atom is 0.237 e. The van der Waals surface area contributed by atoms with E-state index in [4.69, 9.17) is 16.3 Å². The molecule has 0 aliphatic heterocycles. The molecule has 0 spiro atoms. The highest BCUT2D eigenvalue weighted by Crippen LogP contribution is 2.28. The third-order valence-electron chi connectivity index (χ3n) is 3.55. The van der Waals surface area contributed by atoms with Gasteiger partial charge in [-0.1, -0.05) is 42.0 Å². The predicted octanol–water partition coefficient (Wildman–Crippen LogP) is 4.33. The van der Waals surface area contributed by atoms with E-state index >= 15 is 0 Å². The minimum Gasteiger partial charge on any atom is -0.492 e. The lowest BCUT2D eigenvalue weighted by atomic mass is 10.2. The molecule has 3 aromatic rings. The Hall–Kier alpha value is -1.83. The zero-order chi connectivity index (χ0) is 17.9. The highest BCUT2D eigenvalue weighted by atomic mass is 35.5. The molecule has 3 rings (SSSR count). The third-order valence-corrected chi connectivity index (χ3v) is 6.05. The van der Waals surface area contributed by atoms with Crippen LogP contribution < -0.4 is 9.46 Å². The van der Waals surface area contributed by atoms with Gasteiger partial charge in [0.2, 0.25) is 10.0 Å².